The number of nitrogens with zero attached hydrogens (tertiary/aromatic N) is 6. The van der Waals surface area contributed by atoms with E-state index in [4.69, 9.17) is 17.3 Å². The Hall–Kier alpha value is -2.79. The highest BCUT2D eigenvalue weighted by Crippen LogP contribution is 2.21. The zero-order valence-electron chi connectivity index (χ0n) is 12.5. The Kier molecular flexibility index (Phi) is 4.27. The van der Waals surface area contributed by atoms with Crippen molar-refractivity contribution in [2.45, 2.75) is 13.8 Å². The summed E-state index contributed by atoms with van der Waals surface area (Å²) in [6, 6.07) is 3.58. The van der Waals surface area contributed by atoms with Gasteiger partial charge in [-0.05, 0) is 36.3 Å². The van der Waals surface area contributed by atoms with Gasteiger partial charge in [0.1, 0.15) is 0 Å². The van der Waals surface area contributed by atoms with Gasteiger partial charge in [0.2, 0.25) is 11.6 Å². The van der Waals surface area contributed by atoms with E-state index in [1.807, 2.05) is 6.07 Å². The van der Waals surface area contributed by atoms with Gasteiger partial charge in [0.15, 0.2) is 5.69 Å². The molecule has 0 fully saturated rings. The minimum absolute atomic E-state index is 0.0402. The van der Waals surface area contributed by atoms with Crippen molar-refractivity contribution >= 4 is 40.4 Å². The van der Waals surface area contributed by atoms with Crippen LogP contribution in [0.2, 0.25) is 4.34 Å². The molecule has 0 aliphatic carbocycles. The van der Waals surface area contributed by atoms with Gasteiger partial charge in [-0.15, -0.1) is 16.4 Å². The van der Waals surface area contributed by atoms with E-state index in [0.29, 0.717) is 15.7 Å². The molecule has 124 valence electrons. The fourth-order valence-electron chi connectivity index (χ4n) is 1.83. The molecule has 0 saturated heterocycles. The van der Waals surface area contributed by atoms with Crippen LogP contribution < -0.4 is 11.2 Å². The van der Waals surface area contributed by atoms with Crippen LogP contribution in [0, 0.1) is 6.92 Å². The Morgan fingerprint density at radius 2 is 2.25 bits per heavy atom. The van der Waals surface area contributed by atoms with Gasteiger partial charge in [0, 0.05) is 0 Å². The summed E-state index contributed by atoms with van der Waals surface area (Å²) in [6.07, 6.45) is 0. The summed E-state index contributed by atoms with van der Waals surface area (Å²) in [7, 11) is 0. The number of carbonyl (C=O) groups excluding carboxylic acids is 1. The van der Waals surface area contributed by atoms with Gasteiger partial charge in [-0.2, -0.15) is 9.78 Å². The SMILES string of the molecule is CC(=NNC(=O)c1nnn(-c2nonc2N)c1C)c1ccc(Cl)s1. The van der Waals surface area contributed by atoms with Crippen LogP contribution >= 0.6 is 22.9 Å². The molecule has 12 heteroatoms. The van der Waals surface area contributed by atoms with Gasteiger partial charge in [-0.1, -0.05) is 16.8 Å². The smallest absolute Gasteiger partial charge is 0.293 e. The summed E-state index contributed by atoms with van der Waals surface area (Å²) in [5.41, 5.74) is 9.15. The molecule has 0 aliphatic heterocycles. The number of nitrogen functional groups attached to an aromatic ring is 1. The van der Waals surface area contributed by atoms with E-state index >= 15 is 0 Å². The summed E-state index contributed by atoms with van der Waals surface area (Å²) in [5.74, 6) is -0.318. The van der Waals surface area contributed by atoms with Gasteiger partial charge in [0.05, 0.1) is 20.6 Å². The molecule has 0 spiro atoms. The van der Waals surface area contributed by atoms with Gasteiger partial charge in [-0.25, -0.2) is 10.1 Å². The van der Waals surface area contributed by atoms with Crippen LogP contribution in [0.5, 0.6) is 0 Å². The number of anilines is 1. The molecule has 3 aromatic rings. The minimum atomic E-state index is -0.518. The normalized spacial score (nSPS) is 11.7. The first kappa shape index (κ1) is 16.1. The second-order valence-corrected chi connectivity index (χ2v) is 6.37. The molecular formula is C12H11ClN8O2S. The Morgan fingerprint density at radius 3 is 2.88 bits per heavy atom. The first-order chi connectivity index (χ1) is 11.5. The zero-order chi connectivity index (χ0) is 17.3. The predicted octanol–water partition coefficient (Wildman–Crippen LogP) is 1.41. The molecule has 3 N–H and O–H groups in total. The maximum Gasteiger partial charge on any atom is 0.293 e. The fourth-order valence-corrected chi connectivity index (χ4v) is 2.82. The van der Waals surface area contributed by atoms with Crippen molar-refractivity contribution in [3.8, 4) is 5.82 Å². The van der Waals surface area contributed by atoms with Gasteiger partial charge < -0.3 is 5.73 Å². The second kappa shape index (κ2) is 6.37. The van der Waals surface area contributed by atoms with E-state index in [9.17, 15) is 4.79 Å². The van der Waals surface area contributed by atoms with E-state index < -0.39 is 5.91 Å². The highest BCUT2D eigenvalue weighted by molar-refractivity contribution is 7.18. The summed E-state index contributed by atoms with van der Waals surface area (Å²) in [4.78, 5) is 13.1. The van der Waals surface area contributed by atoms with Crippen LogP contribution in [0.3, 0.4) is 0 Å². The lowest BCUT2D eigenvalue weighted by atomic mass is 10.3. The summed E-state index contributed by atoms with van der Waals surface area (Å²) in [6.45, 7) is 3.40. The van der Waals surface area contributed by atoms with Crippen LogP contribution in [-0.2, 0) is 0 Å². The first-order valence-electron chi connectivity index (χ1n) is 6.58. The van der Waals surface area contributed by atoms with Crippen molar-refractivity contribution < 1.29 is 9.42 Å². The first-order valence-corrected chi connectivity index (χ1v) is 7.78. The molecule has 3 rings (SSSR count). The Bertz CT molecular complexity index is 927. The number of rotatable bonds is 4. The zero-order valence-corrected chi connectivity index (χ0v) is 14.1. The lowest BCUT2D eigenvalue weighted by Crippen LogP contribution is -2.20. The Morgan fingerprint density at radius 1 is 1.46 bits per heavy atom. The number of nitrogens with two attached hydrogens (primary N) is 1. The average molecular weight is 367 g/mol. The lowest BCUT2D eigenvalue weighted by molar-refractivity contribution is 0.0949. The van der Waals surface area contributed by atoms with Gasteiger partial charge in [-0.3, -0.25) is 4.79 Å². The van der Waals surface area contributed by atoms with Crippen LogP contribution in [0.4, 0.5) is 5.82 Å². The Balaban J connectivity index is 1.79. The predicted molar refractivity (Wildman–Crippen MR) is 87.4 cm³/mol. The molecule has 24 heavy (non-hydrogen) atoms. The second-order valence-electron chi connectivity index (χ2n) is 4.65. The highest BCUT2D eigenvalue weighted by Gasteiger charge is 2.20. The molecule has 3 aromatic heterocycles. The van der Waals surface area contributed by atoms with E-state index in [0.717, 1.165) is 4.88 Å². The van der Waals surface area contributed by atoms with Crippen molar-refractivity contribution in [2.24, 2.45) is 5.10 Å². The van der Waals surface area contributed by atoms with Crippen molar-refractivity contribution in [2.75, 3.05) is 5.73 Å². The third-order valence-corrected chi connectivity index (χ3v) is 4.40. The number of hydrogen-bond acceptors (Lipinski definition) is 9. The quantitative estimate of drug-likeness (QED) is 0.526. The number of hydrazone groups is 1. The monoisotopic (exact) mass is 366 g/mol. The third kappa shape index (κ3) is 2.98. The molecular weight excluding hydrogens is 356 g/mol. The molecule has 0 bridgehead atoms. The largest absolute Gasteiger partial charge is 0.378 e. The fraction of sp³-hybridized carbons (Fsp3) is 0.167. The molecule has 1 amide bonds. The maximum atomic E-state index is 12.2. The van der Waals surface area contributed by atoms with Gasteiger partial charge >= 0.3 is 0 Å². The summed E-state index contributed by atoms with van der Waals surface area (Å²) in [5, 5.41) is 18.7. The number of aromatic nitrogens is 5. The Labute approximate surface area is 144 Å². The number of hydrogen-bond donors (Lipinski definition) is 2. The van der Waals surface area contributed by atoms with E-state index in [-0.39, 0.29) is 17.3 Å². The van der Waals surface area contributed by atoms with E-state index in [1.165, 1.54) is 16.0 Å². The van der Waals surface area contributed by atoms with Crippen LogP contribution in [0.1, 0.15) is 28.0 Å². The third-order valence-electron chi connectivity index (χ3n) is 3.06. The molecule has 0 saturated carbocycles. The number of carbonyl (C=O) groups is 1. The van der Waals surface area contributed by atoms with E-state index in [2.05, 4.69) is 35.8 Å². The van der Waals surface area contributed by atoms with Crippen molar-refractivity contribution in [3.05, 3.63) is 32.7 Å². The average Bonchev–Trinajstić information content (AvgIpc) is 3.25. The molecule has 0 aromatic carbocycles. The molecule has 0 radical (unpaired) electrons. The highest BCUT2D eigenvalue weighted by atomic mass is 35.5. The molecule has 3 heterocycles. The standard InChI is InChI=1S/C12H11ClN8O2S/c1-5(7-3-4-8(13)24-7)15-17-12(22)9-6(2)21(20-16-9)11-10(14)18-23-19-11/h3-4H,1-2H3,(H2,14,18)(H,17,22). The molecule has 0 unspecified atom stereocenters. The molecule has 0 aliphatic rings. The maximum absolute atomic E-state index is 12.2. The van der Waals surface area contributed by atoms with Crippen molar-refractivity contribution in [3.63, 3.8) is 0 Å². The minimum Gasteiger partial charge on any atom is -0.378 e. The number of nitrogens with one attached hydrogen (secondary N) is 1. The topological polar surface area (TPSA) is 137 Å². The van der Waals surface area contributed by atoms with Gasteiger partial charge in [0.25, 0.3) is 5.91 Å². The number of halogens is 1. The summed E-state index contributed by atoms with van der Waals surface area (Å²) >= 11 is 7.24. The van der Waals surface area contributed by atoms with Crippen LogP contribution in [-0.4, -0.2) is 36.9 Å². The number of amides is 1. The molecule has 10 nitrogen and oxygen atoms in total. The van der Waals surface area contributed by atoms with Crippen molar-refractivity contribution in [1.82, 2.24) is 30.7 Å². The summed E-state index contributed by atoms with van der Waals surface area (Å²) < 4.78 is 6.41. The van der Waals surface area contributed by atoms with E-state index in [1.54, 1.807) is 19.9 Å². The molecule has 0 atom stereocenters. The number of thiophene rings is 1. The van der Waals surface area contributed by atoms with Crippen LogP contribution in [0.25, 0.3) is 5.82 Å². The van der Waals surface area contributed by atoms with Crippen molar-refractivity contribution in [1.29, 1.82) is 0 Å². The lowest BCUT2D eigenvalue weighted by Gasteiger charge is -2.00. The van der Waals surface area contributed by atoms with Crippen LogP contribution in [0.15, 0.2) is 21.9 Å².